The third-order valence-electron chi connectivity index (χ3n) is 4.49. The van der Waals surface area contributed by atoms with Crippen molar-refractivity contribution in [3.05, 3.63) is 101 Å². The van der Waals surface area contributed by atoms with E-state index in [1.54, 1.807) is 24.3 Å². The lowest BCUT2D eigenvalue weighted by atomic mass is 9.95. The maximum atomic E-state index is 13.1. The summed E-state index contributed by atoms with van der Waals surface area (Å²) in [5.41, 5.74) is 5.69. The number of rotatable bonds is 4. The molecule has 0 aliphatic carbocycles. The van der Waals surface area contributed by atoms with E-state index < -0.39 is 0 Å². The van der Waals surface area contributed by atoms with E-state index in [0.717, 1.165) is 22.4 Å². The normalized spacial score (nSPS) is 10.7. The Morgan fingerprint density at radius 1 is 0.852 bits per heavy atom. The Morgan fingerprint density at radius 3 is 2.19 bits per heavy atom. The van der Waals surface area contributed by atoms with E-state index in [-0.39, 0.29) is 5.78 Å². The highest BCUT2D eigenvalue weighted by Crippen LogP contribution is 2.34. The molecule has 0 unspecified atom stereocenters. The second-order valence-electron chi connectivity index (χ2n) is 6.39. The number of nitrogens with zero attached hydrogens (tertiary/aromatic N) is 1. The first-order valence-corrected chi connectivity index (χ1v) is 9.02. The molecule has 1 N–H and O–H groups in total. The molecule has 0 amide bonds. The summed E-state index contributed by atoms with van der Waals surface area (Å²) >= 11 is 5.95. The molecule has 0 spiro atoms. The molecular weight excluding hydrogens is 356 g/mol. The van der Waals surface area contributed by atoms with Crippen molar-refractivity contribution < 1.29 is 4.79 Å². The van der Waals surface area contributed by atoms with Crippen molar-refractivity contribution in [2.24, 2.45) is 0 Å². The molecule has 0 fully saturated rings. The van der Waals surface area contributed by atoms with Crippen LogP contribution in [0.4, 0.5) is 0 Å². The molecule has 0 radical (unpaired) electrons. The van der Waals surface area contributed by atoms with Gasteiger partial charge in [0.05, 0.1) is 0 Å². The van der Waals surface area contributed by atoms with E-state index in [4.69, 9.17) is 11.6 Å². The van der Waals surface area contributed by atoms with E-state index in [9.17, 15) is 4.79 Å². The third-order valence-corrected chi connectivity index (χ3v) is 4.74. The first kappa shape index (κ1) is 17.3. The number of benzene rings is 3. The summed E-state index contributed by atoms with van der Waals surface area (Å²) in [6, 6.07) is 24.9. The molecule has 27 heavy (non-hydrogen) atoms. The van der Waals surface area contributed by atoms with Crippen molar-refractivity contribution >= 4 is 17.4 Å². The number of H-pyrrole nitrogens is 1. The molecule has 1 aromatic heterocycles. The van der Waals surface area contributed by atoms with Crippen molar-refractivity contribution in [1.82, 2.24) is 10.2 Å². The van der Waals surface area contributed by atoms with Crippen LogP contribution >= 0.6 is 11.6 Å². The molecule has 4 aromatic rings. The fourth-order valence-electron chi connectivity index (χ4n) is 3.06. The fraction of sp³-hybridized carbons (Fsp3) is 0.0435. The molecule has 0 aliphatic rings. The van der Waals surface area contributed by atoms with Crippen LogP contribution in [0.3, 0.4) is 0 Å². The van der Waals surface area contributed by atoms with Crippen molar-refractivity contribution in [3.63, 3.8) is 0 Å². The van der Waals surface area contributed by atoms with Gasteiger partial charge in [-0.1, -0.05) is 71.8 Å². The van der Waals surface area contributed by atoms with E-state index in [2.05, 4.69) is 10.2 Å². The molecule has 0 saturated carbocycles. The van der Waals surface area contributed by atoms with Crippen LogP contribution in [-0.4, -0.2) is 16.0 Å². The summed E-state index contributed by atoms with van der Waals surface area (Å²) in [7, 11) is 0. The summed E-state index contributed by atoms with van der Waals surface area (Å²) < 4.78 is 0. The summed E-state index contributed by atoms with van der Waals surface area (Å²) in [5.74, 6) is -0.114. The lowest BCUT2D eigenvalue weighted by molar-refractivity contribution is 0.103. The van der Waals surface area contributed by atoms with E-state index in [1.165, 1.54) is 5.56 Å². The van der Waals surface area contributed by atoms with Gasteiger partial charge in [-0.25, -0.2) is 0 Å². The van der Waals surface area contributed by atoms with Gasteiger partial charge in [0.15, 0.2) is 0 Å². The van der Waals surface area contributed by atoms with E-state index in [1.807, 2.05) is 61.5 Å². The van der Waals surface area contributed by atoms with Gasteiger partial charge in [0.25, 0.3) is 0 Å². The molecule has 4 heteroatoms. The molecule has 0 atom stereocenters. The summed E-state index contributed by atoms with van der Waals surface area (Å²) in [4.78, 5) is 13.1. The van der Waals surface area contributed by atoms with Gasteiger partial charge in [-0.3, -0.25) is 9.89 Å². The van der Waals surface area contributed by atoms with Crippen molar-refractivity contribution in [1.29, 1.82) is 0 Å². The lowest BCUT2D eigenvalue weighted by Crippen LogP contribution is -2.03. The van der Waals surface area contributed by atoms with Gasteiger partial charge in [-0.15, -0.1) is 0 Å². The lowest BCUT2D eigenvalue weighted by Gasteiger charge is -2.07. The molecule has 0 aliphatic heterocycles. The fourth-order valence-corrected chi connectivity index (χ4v) is 3.18. The molecule has 0 saturated heterocycles. The van der Waals surface area contributed by atoms with Crippen LogP contribution in [-0.2, 0) is 0 Å². The minimum Gasteiger partial charge on any atom is -0.287 e. The maximum absolute atomic E-state index is 13.1. The van der Waals surface area contributed by atoms with Crippen molar-refractivity contribution in [3.8, 4) is 22.4 Å². The van der Waals surface area contributed by atoms with Crippen LogP contribution in [0.5, 0.6) is 0 Å². The number of ketones is 1. The number of carbonyl (C=O) groups excluding carboxylic acids is 1. The first-order chi connectivity index (χ1) is 13.1. The van der Waals surface area contributed by atoms with Crippen LogP contribution in [0.2, 0.25) is 5.02 Å². The van der Waals surface area contributed by atoms with Crippen LogP contribution < -0.4 is 0 Å². The molecule has 132 valence electrons. The number of hydrogen-bond donors (Lipinski definition) is 1. The summed E-state index contributed by atoms with van der Waals surface area (Å²) in [6.45, 7) is 2.04. The van der Waals surface area contributed by atoms with Crippen molar-refractivity contribution in [2.75, 3.05) is 0 Å². The average Bonchev–Trinajstić information content (AvgIpc) is 3.14. The van der Waals surface area contributed by atoms with Gasteiger partial charge in [-0.2, -0.15) is 5.10 Å². The highest BCUT2D eigenvalue weighted by atomic mass is 35.5. The summed E-state index contributed by atoms with van der Waals surface area (Å²) in [6.07, 6.45) is 0. The predicted octanol–water partition coefficient (Wildman–Crippen LogP) is 5.94. The number of halogens is 1. The van der Waals surface area contributed by atoms with Gasteiger partial charge >= 0.3 is 0 Å². The SMILES string of the molecule is Cc1ccc(-c2n[nH]c(C(=O)c3ccc(Cl)cc3)c2-c2ccccc2)cc1. The Kier molecular flexibility index (Phi) is 4.61. The Bertz CT molecular complexity index is 1080. The van der Waals surface area contributed by atoms with Gasteiger partial charge in [-0.05, 0) is 36.8 Å². The largest absolute Gasteiger partial charge is 0.287 e. The quantitative estimate of drug-likeness (QED) is 0.451. The number of nitrogens with one attached hydrogen (secondary N) is 1. The Morgan fingerprint density at radius 2 is 1.52 bits per heavy atom. The first-order valence-electron chi connectivity index (χ1n) is 8.64. The van der Waals surface area contributed by atoms with Crippen LogP contribution in [0.25, 0.3) is 22.4 Å². The third kappa shape index (κ3) is 3.42. The number of aryl methyl sites for hydroxylation is 1. The average molecular weight is 373 g/mol. The topological polar surface area (TPSA) is 45.8 Å². The monoisotopic (exact) mass is 372 g/mol. The zero-order valence-corrected chi connectivity index (χ0v) is 15.5. The number of hydrogen-bond acceptors (Lipinski definition) is 2. The molecule has 4 rings (SSSR count). The second kappa shape index (κ2) is 7.22. The van der Waals surface area contributed by atoms with Crippen LogP contribution in [0.1, 0.15) is 21.6 Å². The minimum atomic E-state index is -0.114. The van der Waals surface area contributed by atoms with Gasteiger partial charge in [0, 0.05) is 21.7 Å². The predicted molar refractivity (Wildman–Crippen MR) is 109 cm³/mol. The molecule has 0 bridgehead atoms. The molecule has 3 aromatic carbocycles. The number of aromatic nitrogens is 2. The molecule has 3 nitrogen and oxygen atoms in total. The van der Waals surface area contributed by atoms with E-state index >= 15 is 0 Å². The minimum absolute atomic E-state index is 0.114. The van der Waals surface area contributed by atoms with Crippen LogP contribution in [0, 0.1) is 6.92 Å². The number of carbonyl (C=O) groups is 1. The van der Waals surface area contributed by atoms with Crippen molar-refractivity contribution in [2.45, 2.75) is 6.92 Å². The van der Waals surface area contributed by atoms with E-state index in [0.29, 0.717) is 16.3 Å². The zero-order valence-electron chi connectivity index (χ0n) is 14.7. The van der Waals surface area contributed by atoms with Gasteiger partial charge in [0.1, 0.15) is 11.4 Å². The number of aromatic amines is 1. The molecule has 1 heterocycles. The van der Waals surface area contributed by atoms with Gasteiger partial charge in [0.2, 0.25) is 5.78 Å². The maximum Gasteiger partial charge on any atom is 0.211 e. The highest BCUT2D eigenvalue weighted by Gasteiger charge is 2.22. The van der Waals surface area contributed by atoms with Crippen LogP contribution in [0.15, 0.2) is 78.9 Å². The second-order valence-corrected chi connectivity index (χ2v) is 6.83. The zero-order chi connectivity index (χ0) is 18.8. The standard InChI is InChI=1S/C23H17ClN2O/c1-15-7-9-17(10-8-15)21-20(16-5-3-2-4-6-16)22(26-25-21)23(27)18-11-13-19(24)14-12-18/h2-14H,1H3,(H,25,26). The Balaban J connectivity index is 1.88. The Hall–Kier alpha value is -3.17. The Labute approximate surface area is 162 Å². The smallest absolute Gasteiger partial charge is 0.211 e. The molecular formula is C23H17ClN2O. The summed E-state index contributed by atoms with van der Waals surface area (Å²) in [5, 5.41) is 8.05. The van der Waals surface area contributed by atoms with Gasteiger partial charge < -0.3 is 0 Å². The highest BCUT2D eigenvalue weighted by molar-refractivity contribution is 6.30.